The summed E-state index contributed by atoms with van der Waals surface area (Å²) in [5.41, 5.74) is 0.462. The molecule has 0 bridgehead atoms. The largest absolute Gasteiger partial charge is 0.480 e. The number of aliphatic hydroxyl groups excluding tert-OH is 1. The monoisotopic (exact) mass is 344 g/mol. The van der Waals surface area contributed by atoms with Gasteiger partial charge in [0.05, 0.1) is 13.4 Å². The summed E-state index contributed by atoms with van der Waals surface area (Å²) in [5, 5.41) is 10.5. The number of aliphatic hydroxyl groups is 1. The molecule has 1 N–H and O–H groups in total. The van der Waals surface area contributed by atoms with Crippen molar-refractivity contribution in [3.8, 4) is 5.88 Å². The standard InChI is InChI=1S/C19H24N2O4/c1-24-18-15(8-5-10-20-18)19(23)21-11-4-2-3-7-14(21)13-16(22)17-9-6-12-25-17/h5-6,8-10,12,14,16,22H,2-4,7,11,13H2,1H3/t14-,16+/m1/s1. The van der Waals surface area contributed by atoms with Crippen LogP contribution in [0.5, 0.6) is 5.88 Å². The second-order valence-corrected chi connectivity index (χ2v) is 6.33. The molecule has 0 aromatic carbocycles. The van der Waals surface area contributed by atoms with Crippen LogP contribution in [0.2, 0.25) is 0 Å². The zero-order valence-corrected chi connectivity index (χ0v) is 14.4. The maximum atomic E-state index is 13.1. The van der Waals surface area contributed by atoms with Gasteiger partial charge in [0.2, 0.25) is 5.88 Å². The van der Waals surface area contributed by atoms with Crippen LogP contribution in [0.15, 0.2) is 41.1 Å². The van der Waals surface area contributed by atoms with Crippen molar-refractivity contribution < 1.29 is 19.1 Å². The van der Waals surface area contributed by atoms with E-state index in [0.29, 0.717) is 30.2 Å². The maximum absolute atomic E-state index is 13.1. The fraction of sp³-hybridized carbons (Fsp3) is 0.474. The number of ether oxygens (including phenoxy) is 1. The summed E-state index contributed by atoms with van der Waals surface area (Å²) in [5.74, 6) is 0.779. The highest BCUT2D eigenvalue weighted by Crippen LogP contribution is 2.29. The van der Waals surface area contributed by atoms with Crippen LogP contribution in [0.3, 0.4) is 0 Å². The Morgan fingerprint density at radius 1 is 1.40 bits per heavy atom. The number of furan rings is 1. The maximum Gasteiger partial charge on any atom is 0.259 e. The predicted octanol–water partition coefficient (Wildman–Crippen LogP) is 3.19. The van der Waals surface area contributed by atoms with Crippen LogP contribution in [-0.2, 0) is 0 Å². The molecular formula is C19H24N2O4. The zero-order valence-electron chi connectivity index (χ0n) is 14.4. The lowest BCUT2D eigenvalue weighted by Crippen LogP contribution is -2.41. The first kappa shape index (κ1) is 17.5. The fourth-order valence-corrected chi connectivity index (χ4v) is 3.42. The molecule has 6 nitrogen and oxygen atoms in total. The molecule has 0 aliphatic carbocycles. The minimum atomic E-state index is -0.718. The van der Waals surface area contributed by atoms with Crippen molar-refractivity contribution in [2.45, 2.75) is 44.2 Å². The van der Waals surface area contributed by atoms with Gasteiger partial charge in [-0.3, -0.25) is 4.79 Å². The van der Waals surface area contributed by atoms with Gasteiger partial charge < -0.3 is 19.2 Å². The Morgan fingerprint density at radius 2 is 2.28 bits per heavy atom. The lowest BCUT2D eigenvalue weighted by molar-refractivity contribution is 0.0554. The second kappa shape index (κ2) is 8.16. The van der Waals surface area contributed by atoms with Gasteiger partial charge >= 0.3 is 0 Å². The Kier molecular flexibility index (Phi) is 5.71. The van der Waals surface area contributed by atoms with Crippen molar-refractivity contribution >= 4 is 5.91 Å². The summed E-state index contributed by atoms with van der Waals surface area (Å²) < 4.78 is 10.5. The number of likely N-dealkylation sites (tertiary alicyclic amines) is 1. The van der Waals surface area contributed by atoms with Gasteiger partial charge in [-0.25, -0.2) is 4.98 Å². The molecule has 134 valence electrons. The average molecular weight is 344 g/mol. The van der Waals surface area contributed by atoms with Crippen molar-refractivity contribution in [3.63, 3.8) is 0 Å². The topological polar surface area (TPSA) is 75.8 Å². The molecule has 0 unspecified atom stereocenters. The Bertz CT molecular complexity index is 686. The van der Waals surface area contributed by atoms with E-state index in [9.17, 15) is 9.90 Å². The van der Waals surface area contributed by atoms with Gasteiger partial charge in [-0.15, -0.1) is 0 Å². The third-order valence-electron chi connectivity index (χ3n) is 4.70. The van der Waals surface area contributed by atoms with Crippen LogP contribution in [0.25, 0.3) is 0 Å². The van der Waals surface area contributed by atoms with Gasteiger partial charge in [0.15, 0.2) is 0 Å². The number of hydrogen-bond donors (Lipinski definition) is 1. The third-order valence-corrected chi connectivity index (χ3v) is 4.70. The number of hydrogen-bond acceptors (Lipinski definition) is 5. The summed E-state index contributed by atoms with van der Waals surface area (Å²) in [6.45, 7) is 0.673. The van der Waals surface area contributed by atoms with E-state index in [1.165, 1.54) is 7.11 Å². The minimum absolute atomic E-state index is 0.0417. The van der Waals surface area contributed by atoms with Gasteiger partial charge in [-0.2, -0.15) is 0 Å². The summed E-state index contributed by atoms with van der Waals surface area (Å²) in [6.07, 6.45) is 6.86. The number of amides is 1. The highest BCUT2D eigenvalue weighted by atomic mass is 16.5. The molecule has 25 heavy (non-hydrogen) atoms. The van der Waals surface area contributed by atoms with Crippen molar-refractivity contribution in [2.24, 2.45) is 0 Å². The Morgan fingerprint density at radius 3 is 3.04 bits per heavy atom. The van der Waals surface area contributed by atoms with Gasteiger partial charge in [0.1, 0.15) is 17.4 Å². The summed E-state index contributed by atoms with van der Waals surface area (Å²) in [6, 6.07) is 6.95. The van der Waals surface area contributed by atoms with E-state index in [0.717, 1.165) is 25.7 Å². The number of nitrogens with zero attached hydrogens (tertiary/aromatic N) is 2. The summed E-state index contributed by atoms with van der Waals surface area (Å²) in [7, 11) is 1.51. The summed E-state index contributed by atoms with van der Waals surface area (Å²) >= 11 is 0. The van der Waals surface area contributed by atoms with Crippen molar-refractivity contribution in [1.29, 1.82) is 0 Å². The number of carbonyl (C=O) groups excluding carboxylic acids is 1. The smallest absolute Gasteiger partial charge is 0.259 e. The van der Waals surface area contributed by atoms with Crippen LogP contribution in [0.4, 0.5) is 0 Å². The number of rotatable bonds is 5. The molecule has 1 fully saturated rings. The molecule has 2 aromatic rings. The molecule has 3 rings (SSSR count). The molecule has 0 spiro atoms. The Labute approximate surface area is 147 Å². The highest BCUT2D eigenvalue weighted by molar-refractivity contribution is 5.96. The zero-order chi connectivity index (χ0) is 17.6. The van der Waals surface area contributed by atoms with Gasteiger partial charge in [0, 0.05) is 25.2 Å². The van der Waals surface area contributed by atoms with E-state index in [4.69, 9.17) is 9.15 Å². The normalized spacial score (nSPS) is 19.3. The van der Waals surface area contributed by atoms with Crippen molar-refractivity contribution in [1.82, 2.24) is 9.88 Å². The molecule has 3 heterocycles. The lowest BCUT2D eigenvalue weighted by atomic mass is 10.0. The first-order valence-corrected chi connectivity index (χ1v) is 8.72. The quantitative estimate of drug-likeness (QED) is 0.901. The van der Waals surface area contributed by atoms with Crippen LogP contribution < -0.4 is 4.74 Å². The van der Waals surface area contributed by atoms with E-state index in [2.05, 4.69) is 4.98 Å². The van der Waals surface area contributed by atoms with E-state index >= 15 is 0 Å². The highest BCUT2D eigenvalue weighted by Gasteiger charge is 2.30. The van der Waals surface area contributed by atoms with Gasteiger partial charge in [0.25, 0.3) is 5.91 Å². The van der Waals surface area contributed by atoms with E-state index in [1.807, 2.05) is 4.90 Å². The first-order chi connectivity index (χ1) is 12.2. The third kappa shape index (κ3) is 4.02. The van der Waals surface area contributed by atoms with E-state index < -0.39 is 6.10 Å². The second-order valence-electron chi connectivity index (χ2n) is 6.33. The van der Waals surface area contributed by atoms with E-state index in [1.54, 1.807) is 36.7 Å². The van der Waals surface area contributed by atoms with Crippen molar-refractivity contribution in [3.05, 3.63) is 48.0 Å². The van der Waals surface area contributed by atoms with Crippen LogP contribution >= 0.6 is 0 Å². The molecule has 2 aromatic heterocycles. The van der Waals surface area contributed by atoms with Crippen LogP contribution in [0.1, 0.15) is 54.3 Å². The molecule has 1 saturated heterocycles. The molecule has 0 radical (unpaired) electrons. The van der Waals surface area contributed by atoms with Gasteiger partial charge in [-0.05, 0) is 37.1 Å². The molecule has 2 atom stereocenters. The fourth-order valence-electron chi connectivity index (χ4n) is 3.42. The number of aromatic nitrogens is 1. The van der Waals surface area contributed by atoms with Crippen LogP contribution in [-0.4, -0.2) is 40.6 Å². The minimum Gasteiger partial charge on any atom is -0.480 e. The van der Waals surface area contributed by atoms with Gasteiger partial charge in [-0.1, -0.05) is 12.8 Å². The molecule has 0 saturated carbocycles. The first-order valence-electron chi connectivity index (χ1n) is 8.72. The molecule has 6 heteroatoms. The lowest BCUT2D eigenvalue weighted by Gasteiger charge is -2.31. The van der Waals surface area contributed by atoms with Crippen LogP contribution in [0, 0.1) is 0 Å². The van der Waals surface area contributed by atoms with Crippen molar-refractivity contribution in [2.75, 3.05) is 13.7 Å². The summed E-state index contributed by atoms with van der Waals surface area (Å²) in [4.78, 5) is 19.1. The SMILES string of the molecule is COc1ncccc1C(=O)N1CCCCC[C@@H]1C[C@H](O)c1ccco1. The number of pyridine rings is 1. The number of methoxy groups -OCH3 is 1. The van der Waals surface area contributed by atoms with E-state index in [-0.39, 0.29) is 11.9 Å². The Hall–Kier alpha value is -2.34. The average Bonchev–Trinajstić information content (AvgIpc) is 3.09. The Balaban J connectivity index is 1.81. The molecule has 1 amide bonds. The molecule has 1 aliphatic rings. The number of carbonyl (C=O) groups is 1. The molecule has 1 aliphatic heterocycles. The molecular weight excluding hydrogens is 320 g/mol. The predicted molar refractivity (Wildman–Crippen MR) is 92.4 cm³/mol.